The van der Waals surface area contributed by atoms with Crippen LogP contribution in [0.25, 0.3) is 0 Å². The summed E-state index contributed by atoms with van der Waals surface area (Å²) in [5.74, 6) is 0. The Kier molecular flexibility index (Phi) is 11.0. The van der Waals surface area contributed by atoms with Gasteiger partial charge in [-0.25, -0.2) is 0 Å². The minimum absolute atomic E-state index is 0. The van der Waals surface area contributed by atoms with Crippen LogP contribution in [0.4, 0.5) is 0 Å². The first-order valence-electron chi connectivity index (χ1n) is 1.12. The number of halogens is 1. The van der Waals surface area contributed by atoms with Gasteiger partial charge in [-0.1, -0.05) is 0 Å². The standard InChI is InChI=1S/C2H5O.HI.Pb/c1-2-3;;/h2-3H,1H3;1H;. The molecule has 0 aliphatic rings. The van der Waals surface area contributed by atoms with E-state index < -0.39 is 0 Å². The third-order valence-electron chi connectivity index (χ3n) is 0. The molecule has 0 aromatic carbocycles. The summed E-state index contributed by atoms with van der Waals surface area (Å²) in [6.45, 7) is 1.78. The average Bonchev–Trinajstić information content (AvgIpc) is 0.811. The molecule has 0 fully saturated rings. The predicted octanol–water partition coefficient (Wildman–Crippen LogP) is 0.111. The summed E-state index contributed by atoms with van der Waals surface area (Å²) < 4.78 is -0.0278. The normalized spacial score (nSPS) is 12.6. The summed E-state index contributed by atoms with van der Waals surface area (Å²) in [5, 5.41) is 8.12. The van der Waals surface area contributed by atoms with Crippen molar-refractivity contribution in [1.29, 1.82) is 0 Å². The van der Waals surface area contributed by atoms with Gasteiger partial charge in [0.1, 0.15) is 0 Å². The van der Waals surface area contributed by atoms with Gasteiger partial charge in [0.2, 0.25) is 0 Å². The van der Waals surface area contributed by atoms with Gasteiger partial charge in [0.25, 0.3) is 0 Å². The van der Waals surface area contributed by atoms with E-state index in [1.54, 1.807) is 6.92 Å². The largest absolute Gasteiger partial charge is 0.107 e. The first kappa shape index (κ1) is 9.79. The van der Waals surface area contributed by atoms with Crippen LogP contribution >= 0.6 is 24.0 Å². The van der Waals surface area contributed by atoms with E-state index >= 15 is 0 Å². The van der Waals surface area contributed by atoms with Crippen LogP contribution in [0.15, 0.2) is 0 Å². The number of rotatable bonds is 0. The SMILES string of the molecule is C[CH](O)[Pb].I. The van der Waals surface area contributed by atoms with E-state index in [4.69, 9.17) is 5.11 Å². The van der Waals surface area contributed by atoms with E-state index in [2.05, 4.69) is 0 Å². The van der Waals surface area contributed by atoms with Crippen molar-refractivity contribution in [3.05, 3.63) is 0 Å². The maximum atomic E-state index is 8.12. The van der Waals surface area contributed by atoms with Gasteiger partial charge in [0, 0.05) is 0 Å². The quantitative estimate of drug-likeness (QED) is 0.468. The molecule has 3 radical (unpaired) electrons. The fraction of sp³-hybridized carbons (Fsp3) is 1.00. The van der Waals surface area contributed by atoms with E-state index in [0.717, 1.165) is 25.8 Å². The molecule has 0 aliphatic heterocycles. The van der Waals surface area contributed by atoms with Crippen molar-refractivity contribution >= 4 is 49.7 Å². The number of hydrogen-bond donors (Lipinski definition) is 1. The summed E-state index contributed by atoms with van der Waals surface area (Å²) in [6, 6.07) is 0. The molecule has 31 valence electrons. The van der Waals surface area contributed by atoms with Gasteiger partial charge in [0.15, 0.2) is 0 Å². The van der Waals surface area contributed by atoms with Crippen LogP contribution in [-0.2, 0) is 0 Å². The van der Waals surface area contributed by atoms with Crippen molar-refractivity contribution < 1.29 is 5.11 Å². The van der Waals surface area contributed by atoms with Crippen molar-refractivity contribution in [2.24, 2.45) is 0 Å². The molecule has 0 aliphatic carbocycles. The Morgan fingerprint density at radius 3 is 1.80 bits per heavy atom. The molecular weight excluding hydrogens is 374 g/mol. The molecule has 0 aromatic rings. The Labute approximate surface area is 64.8 Å². The molecule has 0 spiro atoms. The van der Waals surface area contributed by atoms with Crippen molar-refractivity contribution in [1.82, 2.24) is 0 Å². The molecule has 0 aromatic heterocycles. The van der Waals surface area contributed by atoms with Crippen molar-refractivity contribution in [3.63, 3.8) is 0 Å². The molecule has 1 atom stereocenters. The van der Waals surface area contributed by atoms with Crippen molar-refractivity contribution in [3.8, 4) is 0 Å². The molecule has 3 heteroatoms. The fourth-order valence-corrected chi connectivity index (χ4v) is 0. The van der Waals surface area contributed by atoms with Crippen LogP contribution in [0.2, 0.25) is 0 Å². The van der Waals surface area contributed by atoms with Gasteiger partial charge < -0.3 is 0 Å². The van der Waals surface area contributed by atoms with E-state index in [0.29, 0.717) is 0 Å². The fourth-order valence-electron chi connectivity index (χ4n) is 0. The molecular formula is C2H6IOPb. The maximum absolute atomic E-state index is 8.12. The van der Waals surface area contributed by atoms with Gasteiger partial charge in [-0.3, -0.25) is 0 Å². The second-order valence-electron chi connectivity index (χ2n) is 0.676. The zero-order chi connectivity index (χ0) is 3.58. The monoisotopic (exact) mass is 381 g/mol. The number of aliphatic hydroxyl groups is 1. The molecule has 0 bridgehead atoms. The van der Waals surface area contributed by atoms with E-state index in [1.807, 2.05) is 0 Å². The zero-order valence-corrected chi connectivity index (χ0v) is 9.15. The van der Waals surface area contributed by atoms with Crippen molar-refractivity contribution in [2.75, 3.05) is 0 Å². The Morgan fingerprint density at radius 2 is 1.80 bits per heavy atom. The summed E-state index contributed by atoms with van der Waals surface area (Å²) in [7, 11) is 0. The molecule has 0 rings (SSSR count). The summed E-state index contributed by atoms with van der Waals surface area (Å²) in [5.41, 5.74) is 0. The summed E-state index contributed by atoms with van der Waals surface area (Å²) in [4.78, 5) is 0. The number of hydrogen-bond acceptors (Lipinski definition) is 1. The molecule has 5 heavy (non-hydrogen) atoms. The van der Waals surface area contributed by atoms with E-state index in [9.17, 15) is 0 Å². The second kappa shape index (κ2) is 5.61. The third kappa shape index (κ3) is 28.2. The van der Waals surface area contributed by atoms with Crippen LogP contribution in [0.1, 0.15) is 6.92 Å². The Balaban J connectivity index is 0. The maximum Gasteiger partial charge on any atom is -0.107 e. The average molecular weight is 380 g/mol. The van der Waals surface area contributed by atoms with Gasteiger partial charge in [-0.2, -0.15) is 0 Å². The van der Waals surface area contributed by atoms with Crippen LogP contribution in [0.5, 0.6) is 0 Å². The van der Waals surface area contributed by atoms with Crippen LogP contribution < -0.4 is 0 Å². The summed E-state index contributed by atoms with van der Waals surface area (Å²) >= 11 is 0.904. The molecule has 1 unspecified atom stereocenters. The van der Waals surface area contributed by atoms with Crippen LogP contribution in [0, 0.1) is 0 Å². The Bertz CT molecular complexity index is 14.4. The zero-order valence-electron chi connectivity index (χ0n) is 2.93. The molecule has 0 saturated carbocycles. The molecule has 0 amide bonds. The molecule has 1 N–H and O–H groups in total. The van der Waals surface area contributed by atoms with Crippen LogP contribution in [0.3, 0.4) is 0 Å². The van der Waals surface area contributed by atoms with E-state index in [1.165, 1.54) is 0 Å². The minimum Gasteiger partial charge on any atom is -0.107 e. The Morgan fingerprint density at radius 1 is 1.80 bits per heavy atom. The van der Waals surface area contributed by atoms with Gasteiger partial charge in [-0.15, -0.1) is 24.0 Å². The second-order valence-corrected chi connectivity index (χ2v) is 3.92. The first-order chi connectivity index (χ1) is 1.73. The van der Waals surface area contributed by atoms with Gasteiger partial charge in [-0.05, 0) is 0 Å². The number of aliphatic hydroxyl groups excluding tert-OH is 1. The first-order valence-corrected chi connectivity index (χ1v) is 3.37. The predicted molar refractivity (Wildman–Crippen MR) is 32.8 cm³/mol. The molecule has 0 heterocycles. The molecule has 0 saturated heterocycles. The smallest absolute Gasteiger partial charge is 0.107 e. The van der Waals surface area contributed by atoms with Crippen molar-refractivity contribution in [2.45, 2.75) is 10.6 Å². The topological polar surface area (TPSA) is 20.2 Å². The third-order valence-corrected chi connectivity index (χ3v) is 0. The Hall–Kier alpha value is 1.61. The molecule has 1 nitrogen and oxygen atoms in total. The van der Waals surface area contributed by atoms with Gasteiger partial charge in [0.05, 0.1) is 0 Å². The minimum atomic E-state index is -0.0278. The summed E-state index contributed by atoms with van der Waals surface area (Å²) in [6.07, 6.45) is 0. The van der Waals surface area contributed by atoms with Gasteiger partial charge >= 0.3 is 41.5 Å². The van der Waals surface area contributed by atoms with E-state index in [-0.39, 0.29) is 27.6 Å². The van der Waals surface area contributed by atoms with Crippen LogP contribution in [-0.4, -0.2) is 34.5 Å².